The topological polar surface area (TPSA) is 53.1 Å². The van der Waals surface area contributed by atoms with E-state index < -0.39 is 0 Å². The average molecular weight is 367 g/mol. The Morgan fingerprint density at radius 2 is 1.96 bits per heavy atom. The van der Waals surface area contributed by atoms with Gasteiger partial charge in [0.25, 0.3) is 0 Å². The van der Waals surface area contributed by atoms with Crippen molar-refractivity contribution in [2.24, 2.45) is 5.10 Å². The Morgan fingerprint density at radius 1 is 1.16 bits per heavy atom. The zero-order valence-electron chi connectivity index (χ0n) is 13.5. The van der Waals surface area contributed by atoms with Gasteiger partial charge in [-0.05, 0) is 25.1 Å². The molecule has 0 aliphatic carbocycles. The number of para-hydroxylation sites is 1. The number of aromatic nitrogens is 2. The lowest BCUT2D eigenvalue weighted by molar-refractivity contribution is 1.27. The number of nitrogens with zero attached hydrogens (tertiary/aromatic N) is 2. The molecule has 0 unspecified atom stereocenters. The van der Waals surface area contributed by atoms with Gasteiger partial charge in [-0.15, -0.1) is 11.3 Å². The van der Waals surface area contributed by atoms with Crippen LogP contribution in [0.1, 0.15) is 11.3 Å². The summed E-state index contributed by atoms with van der Waals surface area (Å²) >= 11 is 7.44. The van der Waals surface area contributed by atoms with E-state index >= 15 is 0 Å². The van der Waals surface area contributed by atoms with Gasteiger partial charge in [0.1, 0.15) is 0 Å². The fourth-order valence-electron chi connectivity index (χ4n) is 2.70. The van der Waals surface area contributed by atoms with Crippen LogP contribution in [0.5, 0.6) is 0 Å². The number of halogens is 1. The number of thiazole rings is 1. The molecule has 124 valence electrons. The molecule has 0 fully saturated rings. The summed E-state index contributed by atoms with van der Waals surface area (Å²) < 4.78 is 0. The molecule has 4 nitrogen and oxygen atoms in total. The van der Waals surface area contributed by atoms with E-state index in [1.54, 1.807) is 0 Å². The van der Waals surface area contributed by atoms with Crippen LogP contribution in [0.15, 0.2) is 59.0 Å². The highest BCUT2D eigenvalue weighted by atomic mass is 35.5. The lowest BCUT2D eigenvalue weighted by Crippen LogP contribution is -1.91. The van der Waals surface area contributed by atoms with Gasteiger partial charge in [0.15, 0.2) is 0 Å². The van der Waals surface area contributed by atoms with Crippen LogP contribution in [0.4, 0.5) is 5.13 Å². The summed E-state index contributed by atoms with van der Waals surface area (Å²) in [5.41, 5.74) is 8.23. The van der Waals surface area contributed by atoms with Gasteiger partial charge in [-0.2, -0.15) is 5.10 Å². The molecule has 2 N–H and O–H groups in total. The summed E-state index contributed by atoms with van der Waals surface area (Å²) in [7, 11) is 0. The van der Waals surface area contributed by atoms with E-state index in [9.17, 15) is 0 Å². The molecule has 2 heterocycles. The molecule has 0 aliphatic heterocycles. The van der Waals surface area contributed by atoms with E-state index in [1.165, 1.54) is 11.3 Å². The van der Waals surface area contributed by atoms with Crippen LogP contribution >= 0.6 is 22.9 Å². The lowest BCUT2D eigenvalue weighted by atomic mass is 10.1. The highest BCUT2D eigenvalue weighted by molar-refractivity contribution is 7.14. The summed E-state index contributed by atoms with van der Waals surface area (Å²) in [5.74, 6) is 0. The molecule has 0 saturated heterocycles. The minimum absolute atomic E-state index is 0.719. The van der Waals surface area contributed by atoms with E-state index in [-0.39, 0.29) is 0 Å². The number of hydrogen-bond donors (Lipinski definition) is 2. The summed E-state index contributed by atoms with van der Waals surface area (Å²) in [5, 5.41) is 8.97. The number of fused-ring (bicyclic) bond motifs is 1. The van der Waals surface area contributed by atoms with E-state index in [0.29, 0.717) is 0 Å². The number of hydrazone groups is 1. The van der Waals surface area contributed by atoms with Crippen LogP contribution in [-0.4, -0.2) is 16.2 Å². The summed E-state index contributed by atoms with van der Waals surface area (Å²) in [6, 6.07) is 15.8. The maximum absolute atomic E-state index is 5.92. The van der Waals surface area contributed by atoms with Crippen molar-refractivity contribution in [2.45, 2.75) is 6.92 Å². The van der Waals surface area contributed by atoms with Gasteiger partial charge in [-0.25, -0.2) is 4.98 Å². The second kappa shape index (κ2) is 6.70. The van der Waals surface area contributed by atoms with Gasteiger partial charge in [-0.3, -0.25) is 5.43 Å². The average Bonchev–Trinajstić information content (AvgIpc) is 3.21. The first-order valence-corrected chi connectivity index (χ1v) is 9.04. The van der Waals surface area contributed by atoms with Gasteiger partial charge >= 0.3 is 0 Å². The van der Waals surface area contributed by atoms with Crippen LogP contribution in [0, 0.1) is 6.92 Å². The van der Waals surface area contributed by atoms with Gasteiger partial charge in [-0.1, -0.05) is 41.9 Å². The van der Waals surface area contributed by atoms with E-state index in [0.717, 1.165) is 43.6 Å². The predicted octanol–water partition coefficient (Wildman–Crippen LogP) is 5.70. The van der Waals surface area contributed by atoms with Crippen molar-refractivity contribution >= 4 is 45.2 Å². The Balaban J connectivity index is 1.52. The molecule has 4 aromatic rings. The molecular weight excluding hydrogens is 352 g/mol. The molecule has 4 rings (SSSR count). The van der Waals surface area contributed by atoms with Crippen molar-refractivity contribution < 1.29 is 0 Å². The van der Waals surface area contributed by atoms with Crippen molar-refractivity contribution in [1.82, 2.24) is 9.97 Å². The zero-order valence-corrected chi connectivity index (χ0v) is 15.0. The fraction of sp³-hybridized carbons (Fsp3) is 0.0526. The number of nitrogens with one attached hydrogen (secondary N) is 2. The van der Waals surface area contributed by atoms with Crippen molar-refractivity contribution in [2.75, 3.05) is 5.43 Å². The molecule has 0 aliphatic rings. The van der Waals surface area contributed by atoms with Crippen molar-refractivity contribution in [3.05, 3.63) is 70.2 Å². The minimum atomic E-state index is 0.719. The second-order valence-corrected chi connectivity index (χ2v) is 6.92. The van der Waals surface area contributed by atoms with E-state index in [1.807, 2.05) is 54.9 Å². The Labute approximate surface area is 154 Å². The van der Waals surface area contributed by atoms with Gasteiger partial charge in [0.05, 0.1) is 11.9 Å². The molecule has 0 saturated carbocycles. The van der Waals surface area contributed by atoms with E-state index in [2.05, 4.69) is 32.6 Å². The molecule has 0 atom stereocenters. The number of aryl methyl sites for hydroxylation is 1. The quantitative estimate of drug-likeness (QED) is 0.359. The van der Waals surface area contributed by atoms with Crippen molar-refractivity contribution in [3.8, 4) is 11.3 Å². The molecule has 0 bridgehead atoms. The highest BCUT2D eigenvalue weighted by Gasteiger charge is 2.06. The molecule has 0 radical (unpaired) electrons. The number of anilines is 1. The zero-order chi connectivity index (χ0) is 17.2. The number of rotatable bonds is 4. The summed E-state index contributed by atoms with van der Waals surface area (Å²) in [6.07, 6.45) is 1.83. The Hall–Kier alpha value is -2.63. The van der Waals surface area contributed by atoms with Crippen LogP contribution in [-0.2, 0) is 0 Å². The van der Waals surface area contributed by atoms with Crippen molar-refractivity contribution in [3.63, 3.8) is 0 Å². The van der Waals surface area contributed by atoms with E-state index in [4.69, 9.17) is 11.6 Å². The Morgan fingerprint density at radius 3 is 2.80 bits per heavy atom. The fourth-order valence-corrected chi connectivity index (χ4v) is 3.49. The van der Waals surface area contributed by atoms with Crippen LogP contribution in [0.25, 0.3) is 22.2 Å². The Bertz CT molecular complexity index is 1050. The van der Waals surface area contributed by atoms with Gasteiger partial charge < -0.3 is 4.98 Å². The first-order valence-electron chi connectivity index (χ1n) is 7.78. The van der Waals surface area contributed by atoms with Crippen LogP contribution < -0.4 is 5.43 Å². The highest BCUT2D eigenvalue weighted by Crippen LogP contribution is 2.26. The normalized spacial score (nSPS) is 11.4. The number of hydrogen-bond acceptors (Lipinski definition) is 4. The molecule has 6 heteroatoms. The standard InChI is InChI=1S/C19H15ClN4S/c1-12-16(15-4-2-3-5-17(15)22-12)10-21-24-19-23-18(11-25-19)13-6-8-14(20)9-7-13/h2-11,22H,1H3,(H,23,24)/b21-10-. The minimum Gasteiger partial charge on any atom is -0.358 e. The molecule has 2 aromatic heterocycles. The summed E-state index contributed by atoms with van der Waals surface area (Å²) in [6.45, 7) is 2.05. The van der Waals surface area contributed by atoms with Crippen LogP contribution in [0.2, 0.25) is 5.02 Å². The smallest absolute Gasteiger partial charge is 0.203 e. The SMILES string of the molecule is Cc1[nH]c2ccccc2c1/C=N\Nc1nc(-c2ccc(Cl)cc2)cs1. The van der Waals surface area contributed by atoms with Crippen molar-refractivity contribution in [1.29, 1.82) is 0 Å². The Kier molecular flexibility index (Phi) is 4.26. The number of benzene rings is 2. The van der Waals surface area contributed by atoms with Gasteiger partial charge in [0, 0.05) is 38.1 Å². The first kappa shape index (κ1) is 15.9. The molecule has 25 heavy (non-hydrogen) atoms. The largest absolute Gasteiger partial charge is 0.358 e. The van der Waals surface area contributed by atoms with Crippen LogP contribution in [0.3, 0.4) is 0 Å². The molecule has 0 spiro atoms. The lowest BCUT2D eigenvalue weighted by Gasteiger charge is -1.97. The van der Waals surface area contributed by atoms with Gasteiger partial charge in [0.2, 0.25) is 5.13 Å². The molecule has 0 amide bonds. The monoisotopic (exact) mass is 366 g/mol. The second-order valence-electron chi connectivity index (χ2n) is 5.62. The third-order valence-corrected chi connectivity index (χ3v) is 4.94. The third-order valence-electron chi connectivity index (χ3n) is 3.94. The molecule has 2 aromatic carbocycles. The maximum atomic E-state index is 5.92. The first-order chi connectivity index (χ1) is 12.2. The summed E-state index contributed by atoms with van der Waals surface area (Å²) in [4.78, 5) is 7.92. The third kappa shape index (κ3) is 3.29. The predicted molar refractivity (Wildman–Crippen MR) is 107 cm³/mol. The number of H-pyrrole nitrogens is 1. The maximum Gasteiger partial charge on any atom is 0.203 e. The molecular formula is C19H15ClN4S. The number of aromatic amines is 1.